The highest BCUT2D eigenvalue weighted by Gasteiger charge is 1.80. The van der Waals surface area contributed by atoms with Gasteiger partial charge >= 0.3 is 0 Å². The fourth-order valence-corrected chi connectivity index (χ4v) is 0. The van der Waals surface area contributed by atoms with E-state index in [1.165, 1.54) is 0 Å². The Morgan fingerprint density at radius 1 is 0.667 bits per heavy atom. The second-order valence-corrected chi connectivity index (χ2v) is 3.14. The molecule has 0 aromatic rings. The van der Waals surface area contributed by atoms with E-state index < -0.39 is 0 Å². The summed E-state index contributed by atoms with van der Waals surface area (Å²) < 4.78 is 1.09. The minimum atomic E-state index is 0.543. The number of thiol groups is 4. The molecule has 0 saturated heterocycles. The van der Waals surface area contributed by atoms with Crippen molar-refractivity contribution in [3.8, 4) is 0 Å². The summed E-state index contributed by atoms with van der Waals surface area (Å²) in [5.74, 6) is 0. The molecule has 0 atom stereocenters. The van der Waals surface area contributed by atoms with E-state index in [9.17, 15) is 0 Å². The van der Waals surface area contributed by atoms with Crippen molar-refractivity contribution >= 4 is 50.5 Å². The van der Waals surface area contributed by atoms with Crippen molar-refractivity contribution < 1.29 is 0 Å². The molecule has 0 rings (SSSR count). The van der Waals surface area contributed by atoms with Crippen LogP contribution in [0.4, 0.5) is 0 Å². The predicted molar refractivity (Wildman–Crippen MR) is 43.0 cm³/mol. The van der Waals surface area contributed by atoms with E-state index in [0.717, 1.165) is 0 Å². The predicted octanol–water partition coefficient (Wildman–Crippen LogP) is 1.83. The third-order valence-corrected chi connectivity index (χ3v) is 1.80. The van der Waals surface area contributed by atoms with Gasteiger partial charge in [-0.3, -0.25) is 0 Å². The molecule has 4 heteroatoms. The minimum Gasteiger partial charge on any atom is -0.135 e. The molecule has 0 amide bonds. The van der Waals surface area contributed by atoms with Crippen molar-refractivity contribution in [2.45, 2.75) is 0 Å². The van der Waals surface area contributed by atoms with Gasteiger partial charge in [-0.1, -0.05) is 0 Å². The molecule has 0 N–H and O–H groups in total. The molecule has 0 aliphatic rings. The summed E-state index contributed by atoms with van der Waals surface area (Å²) in [4.78, 5) is 0. The zero-order valence-electron chi connectivity index (χ0n) is 2.79. The zero-order valence-corrected chi connectivity index (χ0v) is 6.37. The molecule has 0 saturated carbocycles. The van der Waals surface area contributed by atoms with E-state index in [1.54, 1.807) is 0 Å². The van der Waals surface area contributed by atoms with Crippen molar-refractivity contribution in [2.75, 3.05) is 0 Å². The van der Waals surface area contributed by atoms with Gasteiger partial charge in [0.05, 0.1) is 8.47 Å². The van der Waals surface area contributed by atoms with Crippen LogP contribution in [0, 0.1) is 0 Å². The summed E-state index contributed by atoms with van der Waals surface area (Å²) in [5, 5.41) is 0. The average molecular weight is 156 g/mol. The van der Waals surface area contributed by atoms with E-state index in [4.69, 9.17) is 0 Å². The lowest BCUT2D eigenvalue weighted by Gasteiger charge is -1.83. The largest absolute Gasteiger partial charge is 0.135 e. The highest BCUT2D eigenvalue weighted by Crippen LogP contribution is 2.18. The van der Waals surface area contributed by atoms with E-state index in [0.29, 0.717) is 8.47 Å². The Hall–Kier alpha value is 1.14. The summed E-state index contributed by atoms with van der Waals surface area (Å²) in [6.07, 6.45) is 0. The Bertz CT molecular complexity index is 55.6. The number of hydrogen-bond acceptors (Lipinski definition) is 4. The van der Waals surface area contributed by atoms with Crippen molar-refractivity contribution in [3.05, 3.63) is 8.47 Å². The summed E-state index contributed by atoms with van der Waals surface area (Å²) in [5.41, 5.74) is 0. The highest BCUT2D eigenvalue weighted by atomic mass is 32.2. The van der Waals surface area contributed by atoms with Crippen molar-refractivity contribution in [2.24, 2.45) is 0 Å². The Kier molecular flexibility index (Phi) is 3.79. The first kappa shape index (κ1) is 7.14. The lowest BCUT2D eigenvalue weighted by atomic mass is 11.2. The molecule has 0 aromatic heterocycles. The molecule has 0 aromatic carbocycles. The van der Waals surface area contributed by atoms with Crippen molar-refractivity contribution in [3.63, 3.8) is 0 Å². The molecule has 0 bridgehead atoms. The average Bonchev–Trinajstić information content (AvgIpc) is 1.36. The number of rotatable bonds is 0. The van der Waals surface area contributed by atoms with Gasteiger partial charge in [0.1, 0.15) is 0 Å². The van der Waals surface area contributed by atoms with Gasteiger partial charge in [-0.05, 0) is 0 Å². The molecule has 0 fully saturated rings. The highest BCUT2D eigenvalue weighted by molar-refractivity contribution is 8.11. The SMILES string of the molecule is SC(S)=C(S)S. The monoisotopic (exact) mass is 156 g/mol. The topological polar surface area (TPSA) is 0 Å². The van der Waals surface area contributed by atoms with Crippen LogP contribution in [0.1, 0.15) is 0 Å². The van der Waals surface area contributed by atoms with Gasteiger partial charge in [0.25, 0.3) is 0 Å². The van der Waals surface area contributed by atoms with Crippen LogP contribution in [-0.2, 0) is 0 Å². The second kappa shape index (κ2) is 3.18. The molecular formula is C2H4S4. The first-order chi connectivity index (χ1) is 2.64. The molecule has 0 unspecified atom stereocenters. The zero-order chi connectivity index (χ0) is 5.15. The van der Waals surface area contributed by atoms with E-state index >= 15 is 0 Å². The molecule has 0 nitrogen and oxygen atoms in total. The fraction of sp³-hybridized carbons (Fsp3) is 0. The lowest BCUT2D eigenvalue weighted by Crippen LogP contribution is -1.49. The quantitative estimate of drug-likeness (QED) is 0.378. The van der Waals surface area contributed by atoms with Crippen LogP contribution < -0.4 is 0 Å². The summed E-state index contributed by atoms with van der Waals surface area (Å²) >= 11 is 15.1. The fourth-order valence-electron chi connectivity index (χ4n) is 0. The standard InChI is InChI=1S/C2H4S4/c3-1(4)2(5)6/h3-6H. The molecule has 0 aliphatic carbocycles. The van der Waals surface area contributed by atoms with Crippen LogP contribution in [0.5, 0.6) is 0 Å². The summed E-state index contributed by atoms with van der Waals surface area (Å²) in [7, 11) is 0. The van der Waals surface area contributed by atoms with E-state index in [1.807, 2.05) is 0 Å². The molecule has 36 valence electrons. The van der Waals surface area contributed by atoms with Crippen LogP contribution in [-0.4, -0.2) is 0 Å². The summed E-state index contributed by atoms with van der Waals surface area (Å²) in [6, 6.07) is 0. The first-order valence-electron chi connectivity index (χ1n) is 1.14. The van der Waals surface area contributed by atoms with Gasteiger partial charge < -0.3 is 0 Å². The Morgan fingerprint density at radius 2 is 0.833 bits per heavy atom. The van der Waals surface area contributed by atoms with Gasteiger partial charge in [0, 0.05) is 0 Å². The van der Waals surface area contributed by atoms with Crippen LogP contribution >= 0.6 is 50.5 Å². The minimum absolute atomic E-state index is 0.543. The molecular weight excluding hydrogens is 152 g/mol. The Morgan fingerprint density at radius 3 is 0.833 bits per heavy atom. The lowest BCUT2D eigenvalue weighted by molar-refractivity contribution is 2.42. The third kappa shape index (κ3) is 3.33. The smallest absolute Gasteiger partial charge is 0.0536 e. The molecule has 0 radical (unpaired) electrons. The van der Waals surface area contributed by atoms with Crippen molar-refractivity contribution in [1.82, 2.24) is 0 Å². The van der Waals surface area contributed by atoms with Crippen LogP contribution in [0.15, 0.2) is 8.47 Å². The van der Waals surface area contributed by atoms with Crippen LogP contribution in [0.2, 0.25) is 0 Å². The third-order valence-electron chi connectivity index (χ3n) is 0.200. The maximum absolute atomic E-state index is 3.78. The van der Waals surface area contributed by atoms with Gasteiger partial charge in [-0.15, -0.1) is 50.5 Å². The molecule has 0 aliphatic heterocycles. The van der Waals surface area contributed by atoms with Gasteiger partial charge in [-0.2, -0.15) is 0 Å². The molecule has 6 heavy (non-hydrogen) atoms. The molecule has 0 heterocycles. The second-order valence-electron chi connectivity index (χ2n) is 0.647. The number of hydrogen-bond donors (Lipinski definition) is 4. The van der Waals surface area contributed by atoms with Crippen molar-refractivity contribution in [1.29, 1.82) is 0 Å². The maximum atomic E-state index is 3.78. The first-order valence-corrected chi connectivity index (χ1v) is 2.93. The van der Waals surface area contributed by atoms with Gasteiger partial charge in [0.2, 0.25) is 0 Å². The molecule has 0 spiro atoms. The van der Waals surface area contributed by atoms with Crippen LogP contribution in [0.25, 0.3) is 0 Å². The van der Waals surface area contributed by atoms with Gasteiger partial charge in [0.15, 0.2) is 0 Å². The van der Waals surface area contributed by atoms with E-state index in [-0.39, 0.29) is 0 Å². The Balaban J connectivity index is 3.68. The van der Waals surface area contributed by atoms with Crippen LogP contribution in [0.3, 0.4) is 0 Å². The van der Waals surface area contributed by atoms with Gasteiger partial charge in [-0.25, -0.2) is 0 Å². The van der Waals surface area contributed by atoms with E-state index in [2.05, 4.69) is 50.5 Å². The summed E-state index contributed by atoms with van der Waals surface area (Å²) in [6.45, 7) is 0. The normalized spacial score (nSPS) is 8.00. The maximum Gasteiger partial charge on any atom is 0.0536 e. The Labute approximate surface area is 59.0 Å².